The molecule has 0 saturated heterocycles. The molecule has 0 spiro atoms. The number of benzene rings is 1. The fourth-order valence-electron chi connectivity index (χ4n) is 2.28. The molecule has 0 amide bonds. The van der Waals surface area contributed by atoms with Gasteiger partial charge in [0, 0.05) is 29.2 Å². The van der Waals surface area contributed by atoms with Gasteiger partial charge in [-0.25, -0.2) is 0 Å². The maximum absolute atomic E-state index is 5.95. The summed E-state index contributed by atoms with van der Waals surface area (Å²) >= 11 is 7.78. The number of alkyl halides is 1. The largest absolute Gasteiger partial charge is 0.293 e. The number of fused-ring (bicyclic) bond motifs is 1. The zero-order valence-corrected chi connectivity index (χ0v) is 15.0. The van der Waals surface area contributed by atoms with Crippen LogP contribution < -0.4 is 0 Å². The van der Waals surface area contributed by atoms with Gasteiger partial charge in [0.1, 0.15) is 0 Å². The first-order valence-corrected chi connectivity index (χ1v) is 8.11. The lowest BCUT2D eigenvalue weighted by Gasteiger charge is -2.35. The summed E-state index contributed by atoms with van der Waals surface area (Å²) < 4.78 is 1.38. The van der Waals surface area contributed by atoms with Crippen molar-refractivity contribution in [1.82, 2.24) is 4.90 Å². The molecule has 2 aromatic rings. The highest BCUT2D eigenvalue weighted by Gasteiger charge is 2.21. The number of nitrogens with zero attached hydrogens (tertiary/aromatic N) is 1. The third kappa shape index (κ3) is 4.11. The molecule has 112 valence electrons. The molecule has 1 aromatic carbocycles. The van der Waals surface area contributed by atoms with Crippen LogP contribution >= 0.6 is 35.3 Å². The van der Waals surface area contributed by atoms with E-state index in [4.69, 9.17) is 11.6 Å². The minimum absolute atomic E-state index is 0. The van der Waals surface area contributed by atoms with Gasteiger partial charge in [0.05, 0.1) is 0 Å². The minimum atomic E-state index is 0. The zero-order valence-electron chi connectivity index (χ0n) is 12.6. The van der Waals surface area contributed by atoms with Crippen molar-refractivity contribution in [2.24, 2.45) is 0 Å². The first kappa shape index (κ1) is 17.8. The molecule has 0 radical (unpaired) electrons. The zero-order chi connectivity index (χ0) is 14.0. The third-order valence-corrected chi connectivity index (χ3v) is 4.65. The van der Waals surface area contributed by atoms with E-state index in [2.05, 4.69) is 56.2 Å². The lowest BCUT2D eigenvalue weighted by Crippen LogP contribution is -2.41. The third-order valence-electron chi connectivity index (χ3n) is 3.47. The van der Waals surface area contributed by atoms with E-state index in [0.717, 1.165) is 13.1 Å². The first-order chi connectivity index (χ1) is 8.91. The van der Waals surface area contributed by atoms with Crippen LogP contribution in [-0.4, -0.2) is 22.9 Å². The van der Waals surface area contributed by atoms with Gasteiger partial charge in [-0.2, -0.15) is 0 Å². The number of halogens is 2. The Bertz CT molecular complexity index is 557. The number of thiophene rings is 1. The summed E-state index contributed by atoms with van der Waals surface area (Å²) in [6.07, 6.45) is 0. The monoisotopic (exact) mass is 331 g/mol. The Hall–Kier alpha value is -0.280. The van der Waals surface area contributed by atoms with Crippen molar-refractivity contribution in [3.63, 3.8) is 0 Å². The van der Waals surface area contributed by atoms with E-state index in [0.29, 0.717) is 5.88 Å². The van der Waals surface area contributed by atoms with Crippen LogP contribution in [0.5, 0.6) is 0 Å². The highest BCUT2D eigenvalue weighted by Crippen LogP contribution is 2.29. The van der Waals surface area contributed by atoms with E-state index >= 15 is 0 Å². The van der Waals surface area contributed by atoms with E-state index in [1.807, 2.05) is 11.3 Å². The summed E-state index contributed by atoms with van der Waals surface area (Å²) in [7, 11) is 0. The maximum Gasteiger partial charge on any atom is 0.0351 e. The summed E-state index contributed by atoms with van der Waals surface area (Å²) in [6.45, 7) is 10.8. The van der Waals surface area contributed by atoms with Crippen molar-refractivity contribution >= 4 is 45.4 Å². The Morgan fingerprint density at radius 3 is 2.55 bits per heavy atom. The van der Waals surface area contributed by atoms with Crippen LogP contribution in [0.3, 0.4) is 0 Å². The van der Waals surface area contributed by atoms with Crippen LogP contribution in [-0.2, 0) is 6.54 Å². The molecule has 0 aliphatic rings. The van der Waals surface area contributed by atoms with Gasteiger partial charge in [-0.15, -0.1) is 35.3 Å². The van der Waals surface area contributed by atoms with Crippen molar-refractivity contribution in [3.8, 4) is 0 Å². The molecule has 0 saturated carbocycles. The molecule has 1 heterocycles. The second-order valence-corrected chi connectivity index (χ2v) is 7.33. The van der Waals surface area contributed by atoms with Crippen LogP contribution in [0.25, 0.3) is 10.1 Å². The van der Waals surface area contributed by atoms with Gasteiger partial charge in [0.2, 0.25) is 0 Å². The molecule has 1 nitrogen and oxygen atoms in total. The Kier molecular flexibility index (Phi) is 6.33. The maximum atomic E-state index is 5.95. The Labute approximate surface area is 137 Å². The molecule has 0 aliphatic carbocycles. The van der Waals surface area contributed by atoms with Crippen LogP contribution in [0, 0.1) is 6.92 Å². The number of hydrogen-bond acceptors (Lipinski definition) is 2. The number of rotatable bonds is 4. The molecular formula is C16H23Cl2NS. The summed E-state index contributed by atoms with van der Waals surface area (Å²) in [6, 6.07) is 6.70. The number of aryl methyl sites for hydroxylation is 1. The average Bonchev–Trinajstić information content (AvgIpc) is 2.70. The van der Waals surface area contributed by atoms with Gasteiger partial charge < -0.3 is 0 Å². The fraction of sp³-hybridized carbons (Fsp3) is 0.500. The summed E-state index contributed by atoms with van der Waals surface area (Å²) in [4.78, 5) is 2.45. The van der Waals surface area contributed by atoms with Crippen molar-refractivity contribution in [2.75, 3.05) is 12.4 Å². The van der Waals surface area contributed by atoms with Crippen molar-refractivity contribution in [1.29, 1.82) is 0 Å². The molecule has 0 fully saturated rings. The molecule has 2 rings (SSSR count). The van der Waals surface area contributed by atoms with Gasteiger partial charge in [-0.1, -0.05) is 17.7 Å². The predicted octanol–water partition coefficient (Wildman–Crippen LogP) is 5.47. The second kappa shape index (κ2) is 7.13. The predicted molar refractivity (Wildman–Crippen MR) is 94.7 cm³/mol. The molecule has 0 atom stereocenters. The van der Waals surface area contributed by atoms with Crippen LogP contribution in [0.1, 0.15) is 31.9 Å². The van der Waals surface area contributed by atoms with Crippen molar-refractivity contribution in [3.05, 3.63) is 34.7 Å². The lowest BCUT2D eigenvalue weighted by molar-refractivity contribution is 0.138. The molecule has 0 aliphatic heterocycles. The topological polar surface area (TPSA) is 3.24 Å². The van der Waals surface area contributed by atoms with E-state index < -0.39 is 0 Å². The normalized spacial score (nSPS) is 11.9. The quantitative estimate of drug-likeness (QED) is 0.671. The summed E-state index contributed by atoms with van der Waals surface area (Å²) in [5.74, 6) is 0.679. The molecule has 4 heteroatoms. The summed E-state index contributed by atoms with van der Waals surface area (Å²) in [5.41, 5.74) is 2.89. The molecule has 0 unspecified atom stereocenters. The fourth-order valence-corrected chi connectivity index (χ4v) is 3.42. The lowest BCUT2D eigenvalue weighted by atomic mass is 10.0. The Balaban J connectivity index is 0.00000200. The van der Waals surface area contributed by atoms with E-state index in [-0.39, 0.29) is 17.9 Å². The van der Waals surface area contributed by atoms with Crippen molar-refractivity contribution < 1.29 is 0 Å². The van der Waals surface area contributed by atoms with E-state index in [1.54, 1.807) is 0 Å². The standard InChI is InChI=1S/C16H22ClNS.ClH/c1-12-5-6-15-14(9-12)13(11-19-15)10-18(8-7-17)16(2,3)4;/h5-6,9,11H,7-8,10H2,1-4H3;1H. The van der Waals surface area contributed by atoms with Crippen LogP contribution in [0.15, 0.2) is 23.6 Å². The second-order valence-electron chi connectivity index (χ2n) is 6.04. The molecule has 0 bridgehead atoms. The molecule has 0 N–H and O–H groups in total. The molecular weight excluding hydrogens is 309 g/mol. The van der Waals surface area contributed by atoms with Crippen molar-refractivity contribution in [2.45, 2.75) is 39.8 Å². The average molecular weight is 332 g/mol. The SMILES string of the molecule is Cc1ccc2scc(CN(CCCl)C(C)(C)C)c2c1.Cl. The smallest absolute Gasteiger partial charge is 0.0351 e. The van der Waals surface area contributed by atoms with Gasteiger partial charge in [-0.05, 0) is 50.1 Å². The van der Waals surface area contributed by atoms with Gasteiger partial charge in [0.25, 0.3) is 0 Å². The Morgan fingerprint density at radius 1 is 1.25 bits per heavy atom. The Morgan fingerprint density at radius 2 is 1.95 bits per heavy atom. The summed E-state index contributed by atoms with van der Waals surface area (Å²) in [5, 5.41) is 3.69. The molecule has 20 heavy (non-hydrogen) atoms. The van der Waals surface area contributed by atoms with E-state index in [9.17, 15) is 0 Å². The highest BCUT2D eigenvalue weighted by molar-refractivity contribution is 7.17. The van der Waals surface area contributed by atoms with Crippen LogP contribution in [0.2, 0.25) is 0 Å². The minimum Gasteiger partial charge on any atom is -0.293 e. The first-order valence-electron chi connectivity index (χ1n) is 6.69. The number of hydrogen-bond donors (Lipinski definition) is 0. The highest BCUT2D eigenvalue weighted by atomic mass is 35.5. The van der Waals surface area contributed by atoms with Gasteiger partial charge in [0.15, 0.2) is 0 Å². The van der Waals surface area contributed by atoms with E-state index in [1.165, 1.54) is 21.2 Å². The van der Waals surface area contributed by atoms with Gasteiger partial charge >= 0.3 is 0 Å². The van der Waals surface area contributed by atoms with Crippen LogP contribution in [0.4, 0.5) is 0 Å². The van der Waals surface area contributed by atoms with Gasteiger partial charge in [-0.3, -0.25) is 4.90 Å². The molecule has 1 aromatic heterocycles.